The molecule has 2 atom stereocenters. The summed E-state index contributed by atoms with van der Waals surface area (Å²) >= 11 is 0. The molecule has 0 amide bonds. The fourth-order valence-corrected chi connectivity index (χ4v) is 10.3. The normalized spacial score (nSPS) is 17.5. The summed E-state index contributed by atoms with van der Waals surface area (Å²) in [7, 11) is 0. The molecule has 7 aromatic carbocycles. The average Bonchev–Trinajstić information content (AvgIpc) is 3.89. The van der Waals surface area contributed by atoms with E-state index in [1.165, 1.54) is 88.0 Å². The number of aromatic nitrogens is 2. The molecular weight excluding hydrogens is 617 g/mol. The van der Waals surface area contributed by atoms with Gasteiger partial charge in [0.05, 0.1) is 27.3 Å². The molecule has 0 saturated carbocycles. The van der Waals surface area contributed by atoms with Gasteiger partial charge in [-0.05, 0) is 75.8 Å². The van der Waals surface area contributed by atoms with Crippen LogP contribution in [0.25, 0.3) is 67.4 Å². The number of hydrogen-bond donors (Lipinski definition) is 0. The molecule has 12 rings (SSSR count). The number of nitrogens with zero attached hydrogens (tertiary/aromatic N) is 2. The molecule has 0 radical (unpaired) electrons. The van der Waals surface area contributed by atoms with Crippen LogP contribution in [0.2, 0.25) is 0 Å². The third-order valence-electron chi connectivity index (χ3n) is 12.2. The Labute approximate surface area is 295 Å². The zero-order valence-electron chi connectivity index (χ0n) is 27.9. The van der Waals surface area contributed by atoms with Crippen LogP contribution in [0.4, 0.5) is 0 Å². The van der Waals surface area contributed by atoms with Gasteiger partial charge in [0.2, 0.25) is 0 Å². The summed E-state index contributed by atoms with van der Waals surface area (Å²) in [4.78, 5) is 0. The number of benzene rings is 7. The van der Waals surface area contributed by atoms with E-state index in [2.05, 4.69) is 191 Å². The highest BCUT2D eigenvalue weighted by Crippen LogP contribution is 2.65. The maximum absolute atomic E-state index is 2.65. The lowest BCUT2D eigenvalue weighted by atomic mass is 9.65. The number of rotatable bonds is 2. The first kappa shape index (κ1) is 27.4. The van der Waals surface area contributed by atoms with Crippen LogP contribution in [-0.4, -0.2) is 9.13 Å². The second-order valence-corrected chi connectivity index (χ2v) is 14.4. The van der Waals surface area contributed by atoms with Gasteiger partial charge in [-0.3, -0.25) is 0 Å². The van der Waals surface area contributed by atoms with Gasteiger partial charge in [0.1, 0.15) is 0 Å². The van der Waals surface area contributed by atoms with Gasteiger partial charge in [-0.2, -0.15) is 0 Å². The summed E-state index contributed by atoms with van der Waals surface area (Å²) in [5.74, 6) is 0.484. The van der Waals surface area contributed by atoms with Gasteiger partial charge in [-0.25, -0.2) is 0 Å². The van der Waals surface area contributed by atoms with Crippen molar-refractivity contribution in [2.75, 3.05) is 0 Å². The summed E-state index contributed by atoms with van der Waals surface area (Å²) in [6.07, 6.45) is 5.26. The Morgan fingerprint density at radius 2 is 1.00 bits per heavy atom. The predicted molar refractivity (Wildman–Crippen MR) is 210 cm³/mol. The highest BCUT2D eigenvalue weighted by Gasteiger charge is 2.57. The van der Waals surface area contributed by atoms with E-state index in [-0.39, 0.29) is 17.3 Å². The van der Waals surface area contributed by atoms with E-state index in [9.17, 15) is 0 Å². The molecule has 0 fully saturated rings. The van der Waals surface area contributed by atoms with Gasteiger partial charge in [0.15, 0.2) is 0 Å². The van der Waals surface area contributed by atoms with E-state index in [4.69, 9.17) is 0 Å². The Kier molecular flexibility index (Phi) is 5.31. The quantitative estimate of drug-likeness (QED) is 0.177. The number of hydrogen-bond acceptors (Lipinski definition) is 0. The molecule has 2 unspecified atom stereocenters. The van der Waals surface area contributed by atoms with Crippen molar-refractivity contribution in [2.45, 2.75) is 11.3 Å². The SMILES string of the molecule is C1=c2c(n(-c3ccc4c(c3)c3ccccc3n4-c3ccccc3)c3ccccc23)=CC2C1c1ccccc1C21c2ccccc2-c2ccccc21. The molecule has 1 spiro atoms. The van der Waals surface area contributed by atoms with Crippen LogP contribution in [-0.2, 0) is 5.41 Å². The fourth-order valence-electron chi connectivity index (χ4n) is 10.3. The van der Waals surface area contributed by atoms with Crippen LogP contribution in [0, 0.1) is 5.92 Å². The molecule has 0 bridgehead atoms. The standard InChI is InChI=1S/C49H32N2/c1-2-14-31(15-3-1)50-45-24-12-7-19-36(45)39-28-32(26-27-47(39)50)51-46-25-13-8-20-37(46)40-29-38-35-18-6-11-23-43(35)49(44(38)30-48(40)51)41-21-9-4-16-33(41)34-17-5-10-22-42(34)49/h1-30,38,44H. The van der Waals surface area contributed by atoms with Crippen molar-refractivity contribution in [1.29, 1.82) is 0 Å². The van der Waals surface area contributed by atoms with Gasteiger partial charge in [-0.1, -0.05) is 140 Å². The molecular formula is C49H32N2. The van der Waals surface area contributed by atoms with Crippen molar-refractivity contribution in [3.8, 4) is 22.5 Å². The van der Waals surface area contributed by atoms with Crippen molar-refractivity contribution in [3.63, 3.8) is 0 Å². The highest BCUT2D eigenvalue weighted by atomic mass is 15.0. The molecule has 0 N–H and O–H groups in total. The van der Waals surface area contributed by atoms with E-state index < -0.39 is 0 Å². The first-order chi connectivity index (χ1) is 25.3. The predicted octanol–water partition coefficient (Wildman–Crippen LogP) is 10.0. The first-order valence-corrected chi connectivity index (χ1v) is 18.0. The molecule has 2 heterocycles. The van der Waals surface area contributed by atoms with E-state index in [1.807, 2.05) is 0 Å². The monoisotopic (exact) mass is 648 g/mol. The van der Waals surface area contributed by atoms with Crippen LogP contribution < -0.4 is 10.6 Å². The topological polar surface area (TPSA) is 9.86 Å². The summed E-state index contributed by atoms with van der Waals surface area (Å²) in [5, 5.41) is 6.46. The van der Waals surface area contributed by atoms with E-state index >= 15 is 0 Å². The number of para-hydroxylation sites is 3. The molecule has 238 valence electrons. The minimum absolute atomic E-state index is 0.221. The molecule has 0 aliphatic heterocycles. The first-order valence-electron chi connectivity index (χ1n) is 18.0. The second-order valence-electron chi connectivity index (χ2n) is 14.4. The fraction of sp³-hybridized carbons (Fsp3) is 0.0612. The van der Waals surface area contributed by atoms with Crippen LogP contribution in [0.15, 0.2) is 170 Å². The van der Waals surface area contributed by atoms with E-state index in [1.54, 1.807) is 0 Å². The van der Waals surface area contributed by atoms with Crippen molar-refractivity contribution < 1.29 is 0 Å². The minimum Gasteiger partial charge on any atom is -0.310 e. The molecule has 3 aliphatic carbocycles. The lowest BCUT2D eigenvalue weighted by Crippen LogP contribution is -2.40. The maximum Gasteiger partial charge on any atom is 0.0542 e. The van der Waals surface area contributed by atoms with Gasteiger partial charge in [-0.15, -0.1) is 0 Å². The Hall–Kier alpha value is -6.38. The minimum atomic E-state index is -0.267. The number of fused-ring (bicyclic) bond motifs is 16. The van der Waals surface area contributed by atoms with Crippen LogP contribution in [0.1, 0.15) is 28.2 Å². The molecule has 2 aromatic heterocycles. The maximum atomic E-state index is 2.65. The molecule has 51 heavy (non-hydrogen) atoms. The van der Waals surface area contributed by atoms with Crippen molar-refractivity contribution >= 4 is 44.9 Å². The van der Waals surface area contributed by atoms with Crippen molar-refractivity contribution in [2.24, 2.45) is 5.92 Å². The van der Waals surface area contributed by atoms with Crippen molar-refractivity contribution in [1.82, 2.24) is 9.13 Å². The third-order valence-corrected chi connectivity index (χ3v) is 12.2. The zero-order chi connectivity index (χ0) is 33.3. The van der Waals surface area contributed by atoms with E-state index in [0.717, 1.165) is 0 Å². The molecule has 3 aliphatic rings. The smallest absolute Gasteiger partial charge is 0.0542 e. The Morgan fingerprint density at radius 3 is 1.76 bits per heavy atom. The van der Waals surface area contributed by atoms with Gasteiger partial charge < -0.3 is 9.13 Å². The summed E-state index contributed by atoms with van der Waals surface area (Å²) in [5.41, 5.74) is 14.3. The second kappa shape index (κ2) is 9.87. The van der Waals surface area contributed by atoms with Gasteiger partial charge in [0, 0.05) is 44.6 Å². The van der Waals surface area contributed by atoms with Crippen molar-refractivity contribution in [3.05, 3.63) is 203 Å². The Morgan fingerprint density at radius 1 is 0.412 bits per heavy atom. The third kappa shape index (κ3) is 3.38. The Balaban J connectivity index is 1.17. The lowest BCUT2D eigenvalue weighted by molar-refractivity contribution is 0.499. The van der Waals surface area contributed by atoms with Crippen LogP contribution in [0.5, 0.6) is 0 Å². The largest absolute Gasteiger partial charge is 0.310 e. The summed E-state index contributed by atoms with van der Waals surface area (Å²) < 4.78 is 4.94. The molecule has 9 aromatic rings. The van der Waals surface area contributed by atoms with Gasteiger partial charge in [0.25, 0.3) is 0 Å². The lowest BCUT2D eigenvalue weighted by Gasteiger charge is -2.36. The summed E-state index contributed by atoms with van der Waals surface area (Å²) in [6, 6.07) is 63.2. The molecule has 2 heteroatoms. The average molecular weight is 649 g/mol. The zero-order valence-corrected chi connectivity index (χ0v) is 27.9. The highest BCUT2D eigenvalue weighted by molar-refractivity contribution is 6.10. The molecule has 2 nitrogen and oxygen atoms in total. The molecule has 0 saturated heterocycles. The summed E-state index contributed by atoms with van der Waals surface area (Å²) in [6.45, 7) is 0. The van der Waals surface area contributed by atoms with Gasteiger partial charge >= 0.3 is 0 Å². The van der Waals surface area contributed by atoms with E-state index in [0.29, 0.717) is 0 Å². The Bertz CT molecular complexity index is 3000. The van der Waals surface area contributed by atoms with Crippen LogP contribution in [0.3, 0.4) is 0 Å². The van der Waals surface area contributed by atoms with Crippen LogP contribution >= 0.6 is 0 Å².